The van der Waals surface area contributed by atoms with Gasteiger partial charge < -0.3 is 4.74 Å². The number of para-hydroxylation sites is 1. The Morgan fingerprint density at radius 3 is 2.50 bits per heavy atom. The molecule has 0 N–H and O–H groups in total. The van der Waals surface area contributed by atoms with Crippen molar-refractivity contribution in [2.45, 2.75) is 46.5 Å². The van der Waals surface area contributed by atoms with Crippen LogP contribution in [0.4, 0.5) is 0 Å². The molecule has 0 spiro atoms. The SMILES string of the molecule is CC.CCCC1=C(Oc2ccccc2)C=CCC1. The van der Waals surface area contributed by atoms with E-state index in [1.165, 1.54) is 12.0 Å². The maximum atomic E-state index is 5.91. The lowest BCUT2D eigenvalue weighted by atomic mass is 9.99. The highest BCUT2D eigenvalue weighted by molar-refractivity contribution is 5.31. The quantitative estimate of drug-likeness (QED) is 0.680. The molecule has 1 aromatic rings. The van der Waals surface area contributed by atoms with Crippen LogP contribution in [0.3, 0.4) is 0 Å². The molecular weight excluding hydrogens is 220 g/mol. The van der Waals surface area contributed by atoms with Crippen LogP contribution in [0.1, 0.15) is 46.5 Å². The highest BCUT2D eigenvalue weighted by Gasteiger charge is 2.09. The molecular formula is C17H24O. The number of benzene rings is 1. The Labute approximate surface area is 111 Å². The first-order chi connectivity index (χ1) is 8.90. The summed E-state index contributed by atoms with van der Waals surface area (Å²) in [7, 11) is 0. The Kier molecular flexibility index (Phi) is 6.93. The fraction of sp³-hybridized carbons (Fsp3) is 0.412. The molecule has 0 radical (unpaired) electrons. The number of rotatable bonds is 4. The Morgan fingerprint density at radius 2 is 1.83 bits per heavy atom. The molecule has 0 fully saturated rings. The topological polar surface area (TPSA) is 9.23 Å². The summed E-state index contributed by atoms with van der Waals surface area (Å²) in [5.41, 5.74) is 1.45. The minimum Gasteiger partial charge on any atom is -0.457 e. The summed E-state index contributed by atoms with van der Waals surface area (Å²) in [6.07, 6.45) is 8.93. The standard InChI is InChI=1S/C15H18O.C2H6/c1-2-8-13-9-6-7-12-15(13)16-14-10-4-3-5-11-14;1-2/h3-5,7,10-12H,2,6,8-9H2,1H3;1-2H3. The van der Waals surface area contributed by atoms with Crippen molar-refractivity contribution in [3.8, 4) is 5.75 Å². The summed E-state index contributed by atoms with van der Waals surface area (Å²) in [6, 6.07) is 10.0. The molecule has 18 heavy (non-hydrogen) atoms. The fourth-order valence-electron chi connectivity index (χ4n) is 1.96. The van der Waals surface area contributed by atoms with Crippen LogP contribution < -0.4 is 4.74 Å². The van der Waals surface area contributed by atoms with E-state index in [1.807, 2.05) is 44.2 Å². The van der Waals surface area contributed by atoms with Gasteiger partial charge in [-0.25, -0.2) is 0 Å². The van der Waals surface area contributed by atoms with Gasteiger partial charge in [0.15, 0.2) is 0 Å². The first kappa shape index (κ1) is 14.6. The molecule has 1 aliphatic rings. The van der Waals surface area contributed by atoms with E-state index in [2.05, 4.69) is 19.1 Å². The molecule has 1 aliphatic carbocycles. The van der Waals surface area contributed by atoms with Crippen LogP contribution in [0.2, 0.25) is 0 Å². The van der Waals surface area contributed by atoms with E-state index in [0.29, 0.717) is 0 Å². The van der Waals surface area contributed by atoms with Crippen LogP contribution in [-0.4, -0.2) is 0 Å². The summed E-state index contributed by atoms with van der Waals surface area (Å²) in [4.78, 5) is 0. The average molecular weight is 244 g/mol. The molecule has 98 valence electrons. The molecule has 0 bridgehead atoms. The Bertz CT molecular complexity index is 387. The van der Waals surface area contributed by atoms with E-state index in [9.17, 15) is 0 Å². The zero-order valence-corrected chi connectivity index (χ0v) is 11.8. The number of hydrogen-bond donors (Lipinski definition) is 0. The third kappa shape index (κ3) is 4.40. The maximum Gasteiger partial charge on any atom is 0.127 e. The van der Waals surface area contributed by atoms with Gasteiger partial charge in [0, 0.05) is 0 Å². The predicted molar refractivity (Wildman–Crippen MR) is 78.7 cm³/mol. The molecule has 1 heteroatoms. The van der Waals surface area contributed by atoms with E-state index in [4.69, 9.17) is 4.74 Å². The van der Waals surface area contributed by atoms with Crippen LogP contribution in [-0.2, 0) is 0 Å². The normalized spacial score (nSPS) is 13.9. The van der Waals surface area contributed by atoms with E-state index in [-0.39, 0.29) is 0 Å². The molecule has 0 unspecified atom stereocenters. The van der Waals surface area contributed by atoms with Crippen LogP contribution in [0.25, 0.3) is 0 Å². The van der Waals surface area contributed by atoms with Gasteiger partial charge in [-0.05, 0) is 43.0 Å². The molecule has 0 heterocycles. The van der Waals surface area contributed by atoms with Crippen molar-refractivity contribution in [1.29, 1.82) is 0 Å². The molecule has 0 amide bonds. The number of hydrogen-bond acceptors (Lipinski definition) is 1. The fourth-order valence-corrected chi connectivity index (χ4v) is 1.96. The van der Waals surface area contributed by atoms with Crippen LogP contribution in [0.15, 0.2) is 53.8 Å². The molecule has 0 atom stereocenters. The van der Waals surface area contributed by atoms with Gasteiger partial charge in [-0.3, -0.25) is 0 Å². The highest BCUT2D eigenvalue weighted by Crippen LogP contribution is 2.25. The van der Waals surface area contributed by atoms with E-state index in [0.717, 1.165) is 30.8 Å². The van der Waals surface area contributed by atoms with E-state index < -0.39 is 0 Å². The van der Waals surface area contributed by atoms with Gasteiger partial charge in [-0.2, -0.15) is 0 Å². The second-order valence-corrected chi connectivity index (χ2v) is 4.07. The molecule has 1 aromatic carbocycles. The number of ether oxygens (including phenoxy) is 1. The first-order valence-corrected chi connectivity index (χ1v) is 7.01. The zero-order chi connectivity index (χ0) is 13.2. The second kappa shape index (κ2) is 8.57. The minimum absolute atomic E-state index is 0.928. The summed E-state index contributed by atoms with van der Waals surface area (Å²) in [5, 5.41) is 0. The van der Waals surface area contributed by atoms with Gasteiger partial charge in [0.25, 0.3) is 0 Å². The lowest BCUT2D eigenvalue weighted by Crippen LogP contribution is -2.01. The average Bonchev–Trinajstić information content (AvgIpc) is 2.45. The minimum atomic E-state index is 0.928. The van der Waals surface area contributed by atoms with Crippen LogP contribution in [0.5, 0.6) is 5.75 Å². The Morgan fingerprint density at radius 1 is 1.11 bits per heavy atom. The lowest BCUT2D eigenvalue weighted by molar-refractivity contribution is 0.428. The molecule has 0 saturated heterocycles. The van der Waals surface area contributed by atoms with Gasteiger partial charge in [-0.1, -0.05) is 51.5 Å². The highest BCUT2D eigenvalue weighted by atomic mass is 16.5. The van der Waals surface area contributed by atoms with Crippen LogP contribution >= 0.6 is 0 Å². The molecule has 2 rings (SSSR count). The van der Waals surface area contributed by atoms with E-state index in [1.54, 1.807) is 0 Å². The molecule has 1 nitrogen and oxygen atoms in total. The molecule has 0 aromatic heterocycles. The van der Waals surface area contributed by atoms with Gasteiger partial charge in [0.1, 0.15) is 11.5 Å². The van der Waals surface area contributed by atoms with Crippen molar-refractivity contribution < 1.29 is 4.74 Å². The molecule has 0 saturated carbocycles. The predicted octanol–water partition coefficient (Wildman–Crippen LogP) is 5.50. The lowest BCUT2D eigenvalue weighted by Gasteiger charge is -2.16. The third-order valence-corrected chi connectivity index (χ3v) is 2.75. The molecule has 0 aliphatic heterocycles. The monoisotopic (exact) mass is 244 g/mol. The van der Waals surface area contributed by atoms with Crippen molar-refractivity contribution >= 4 is 0 Å². The zero-order valence-electron chi connectivity index (χ0n) is 11.8. The third-order valence-electron chi connectivity index (χ3n) is 2.75. The van der Waals surface area contributed by atoms with Crippen molar-refractivity contribution in [2.75, 3.05) is 0 Å². The second-order valence-electron chi connectivity index (χ2n) is 4.07. The van der Waals surface area contributed by atoms with Gasteiger partial charge >= 0.3 is 0 Å². The largest absolute Gasteiger partial charge is 0.457 e. The number of allylic oxidation sites excluding steroid dienone is 3. The van der Waals surface area contributed by atoms with Gasteiger partial charge in [0.2, 0.25) is 0 Å². The smallest absolute Gasteiger partial charge is 0.127 e. The van der Waals surface area contributed by atoms with Crippen LogP contribution in [0, 0.1) is 0 Å². The summed E-state index contributed by atoms with van der Waals surface area (Å²) in [5.74, 6) is 1.98. The van der Waals surface area contributed by atoms with Crippen molar-refractivity contribution in [3.63, 3.8) is 0 Å². The van der Waals surface area contributed by atoms with E-state index >= 15 is 0 Å². The Balaban J connectivity index is 0.000000771. The summed E-state index contributed by atoms with van der Waals surface area (Å²) < 4.78 is 5.91. The van der Waals surface area contributed by atoms with Crippen molar-refractivity contribution in [1.82, 2.24) is 0 Å². The maximum absolute atomic E-state index is 5.91. The van der Waals surface area contributed by atoms with Gasteiger partial charge in [-0.15, -0.1) is 0 Å². The van der Waals surface area contributed by atoms with Crippen molar-refractivity contribution in [2.24, 2.45) is 0 Å². The Hall–Kier alpha value is -1.50. The summed E-state index contributed by atoms with van der Waals surface area (Å²) >= 11 is 0. The van der Waals surface area contributed by atoms with Crippen molar-refractivity contribution in [3.05, 3.63) is 53.8 Å². The summed E-state index contributed by atoms with van der Waals surface area (Å²) in [6.45, 7) is 6.21. The first-order valence-electron chi connectivity index (χ1n) is 7.01. The van der Waals surface area contributed by atoms with Gasteiger partial charge in [0.05, 0.1) is 0 Å².